The van der Waals surface area contributed by atoms with Crippen LogP contribution in [0.1, 0.15) is 31.2 Å². The third kappa shape index (κ3) is 3.38. The Morgan fingerprint density at radius 3 is 2.75 bits per heavy atom. The Morgan fingerprint density at radius 2 is 2.06 bits per heavy atom. The van der Waals surface area contributed by atoms with E-state index < -0.39 is 0 Å². The molecule has 1 fully saturated rings. The van der Waals surface area contributed by atoms with E-state index in [4.69, 9.17) is 23.2 Å². The molecule has 1 saturated heterocycles. The largest absolute Gasteiger partial charge is 0.314 e. The fourth-order valence-corrected chi connectivity index (χ4v) is 2.53. The summed E-state index contributed by atoms with van der Waals surface area (Å²) in [5, 5.41) is 4.86. The summed E-state index contributed by atoms with van der Waals surface area (Å²) >= 11 is 11.9. The highest BCUT2D eigenvalue weighted by molar-refractivity contribution is 6.42. The number of piperidine rings is 1. The first kappa shape index (κ1) is 12.2. The molecule has 0 radical (unpaired) electrons. The second kappa shape index (κ2) is 5.90. The quantitative estimate of drug-likeness (QED) is 0.861. The molecule has 0 bridgehead atoms. The van der Waals surface area contributed by atoms with Crippen LogP contribution in [0.2, 0.25) is 10.0 Å². The van der Waals surface area contributed by atoms with Crippen molar-refractivity contribution in [1.82, 2.24) is 5.32 Å². The number of aryl methyl sites for hydroxylation is 1. The molecule has 1 aliphatic heterocycles. The molecule has 0 aromatic heterocycles. The fraction of sp³-hybridized carbons (Fsp3) is 0.538. The van der Waals surface area contributed by atoms with E-state index in [-0.39, 0.29) is 0 Å². The van der Waals surface area contributed by atoms with Crippen molar-refractivity contribution in [1.29, 1.82) is 0 Å². The van der Waals surface area contributed by atoms with Crippen molar-refractivity contribution in [3.05, 3.63) is 33.8 Å². The smallest absolute Gasteiger partial charge is 0.0595 e. The van der Waals surface area contributed by atoms with Crippen LogP contribution in [0.4, 0.5) is 0 Å². The molecule has 16 heavy (non-hydrogen) atoms. The van der Waals surface area contributed by atoms with E-state index in [1.165, 1.54) is 37.8 Å². The number of hydrogen-bond donors (Lipinski definition) is 1. The number of rotatable bonds is 3. The Balaban J connectivity index is 1.86. The zero-order chi connectivity index (χ0) is 11.4. The summed E-state index contributed by atoms with van der Waals surface area (Å²) < 4.78 is 0. The molecular formula is C13H17Cl2N. The normalized spacial score (nSPS) is 21.0. The van der Waals surface area contributed by atoms with Crippen LogP contribution in [-0.4, -0.2) is 12.6 Å². The molecule has 88 valence electrons. The van der Waals surface area contributed by atoms with Gasteiger partial charge in [0.05, 0.1) is 10.0 Å². The molecule has 1 atom stereocenters. The van der Waals surface area contributed by atoms with Crippen molar-refractivity contribution in [2.45, 2.75) is 38.1 Å². The van der Waals surface area contributed by atoms with E-state index in [0.717, 1.165) is 6.42 Å². The minimum Gasteiger partial charge on any atom is -0.314 e. The maximum atomic E-state index is 5.99. The third-order valence-corrected chi connectivity index (χ3v) is 3.92. The standard InChI is InChI=1S/C13H17Cl2N/c14-12-7-5-10(9-13(12)15)4-6-11-3-1-2-8-16-11/h5,7,9,11,16H,1-4,6,8H2. The second-order valence-corrected chi connectivity index (χ2v) is 5.25. The molecule has 2 rings (SSSR count). The first-order valence-corrected chi connectivity index (χ1v) is 6.68. The lowest BCUT2D eigenvalue weighted by molar-refractivity contribution is 0.383. The molecule has 1 aliphatic rings. The van der Waals surface area contributed by atoms with Crippen molar-refractivity contribution in [3.63, 3.8) is 0 Å². The first-order valence-electron chi connectivity index (χ1n) is 5.93. The van der Waals surface area contributed by atoms with Gasteiger partial charge in [-0.3, -0.25) is 0 Å². The van der Waals surface area contributed by atoms with E-state index in [2.05, 4.69) is 11.4 Å². The van der Waals surface area contributed by atoms with Crippen LogP contribution in [0, 0.1) is 0 Å². The Labute approximate surface area is 107 Å². The maximum Gasteiger partial charge on any atom is 0.0595 e. The van der Waals surface area contributed by atoms with E-state index in [9.17, 15) is 0 Å². The van der Waals surface area contributed by atoms with Gasteiger partial charge in [0, 0.05) is 6.04 Å². The topological polar surface area (TPSA) is 12.0 Å². The molecule has 0 amide bonds. The highest BCUT2D eigenvalue weighted by Crippen LogP contribution is 2.23. The van der Waals surface area contributed by atoms with E-state index in [1.807, 2.05) is 12.1 Å². The molecule has 0 spiro atoms. The van der Waals surface area contributed by atoms with Gasteiger partial charge in [0.1, 0.15) is 0 Å². The van der Waals surface area contributed by atoms with E-state index >= 15 is 0 Å². The summed E-state index contributed by atoms with van der Waals surface area (Å²) in [6.07, 6.45) is 6.26. The molecule has 0 saturated carbocycles. The third-order valence-electron chi connectivity index (χ3n) is 3.18. The number of nitrogens with one attached hydrogen (secondary N) is 1. The average molecular weight is 258 g/mol. The van der Waals surface area contributed by atoms with Crippen LogP contribution in [0.15, 0.2) is 18.2 Å². The summed E-state index contributed by atoms with van der Waals surface area (Å²) in [5.41, 5.74) is 1.28. The SMILES string of the molecule is Clc1ccc(CCC2CCCCN2)cc1Cl. The molecule has 3 heteroatoms. The van der Waals surface area contributed by atoms with Gasteiger partial charge in [-0.25, -0.2) is 0 Å². The van der Waals surface area contributed by atoms with Gasteiger partial charge >= 0.3 is 0 Å². The van der Waals surface area contributed by atoms with Gasteiger partial charge in [-0.05, 0) is 49.9 Å². The molecule has 0 aliphatic carbocycles. The van der Waals surface area contributed by atoms with Crippen molar-refractivity contribution in [3.8, 4) is 0 Å². The van der Waals surface area contributed by atoms with Crippen LogP contribution in [-0.2, 0) is 6.42 Å². The molecular weight excluding hydrogens is 241 g/mol. The van der Waals surface area contributed by atoms with Crippen LogP contribution >= 0.6 is 23.2 Å². The Bertz CT molecular complexity index is 346. The van der Waals surface area contributed by atoms with Crippen LogP contribution in [0.3, 0.4) is 0 Å². The summed E-state index contributed by atoms with van der Waals surface area (Å²) in [6, 6.07) is 6.61. The molecule has 1 aromatic rings. The van der Waals surface area contributed by atoms with E-state index in [1.54, 1.807) is 0 Å². The van der Waals surface area contributed by atoms with Crippen molar-refractivity contribution >= 4 is 23.2 Å². The Hall–Kier alpha value is -0.240. The molecule has 1 nitrogen and oxygen atoms in total. The summed E-state index contributed by atoms with van der Waals surface area (Å²) in [6.45, 7) is 1.17. The average Bonchev–Trinajstić information content (AvgIpc) is 2.32. The molecule has 1 heterocycles. The lowest BCUT2D eigenvalue weighted by Gasteiger charge is -2.23. The number of halogens is 2. The van der Waals surface area contributed by atoms with Crippen molar-refractivity contribution in [2.75, 3.05) is 6.54 Å². The van der Waals surface area contributed by atoms with Crippen molar-refractivity contribution < 1.29 is 0 Å². The first-order chi connectivity index (χ1) is 7.75. The summed E-state index contributed by atoms with van der Waals surface area (Å²) in [4.78, 5) is 0. The highest BCUT2D eigenvalue weighted by Gasteiger charge is 2.12. The van der Waals surface area contributed by atoms with Crippen LogP contribution in [0.25, 0.3) is 0 Å². The predicted molar refractivity (Wildman–Crippen MR) is 70.4 cm³/mol. The Kier molecular flexibility index (Phi) is 4.51. The fourth-order valence-electron chi connectivity index (χ4n) is 2.21. The number of benzene rings is 1. The highest BCUT2D eigenvalue weighted by atomic mass is 35.5. The Morgan fingerprint density at radius 1 is 1.19 bits per heavy atom. The second-order valence-electron chi connectivity index (χ2n) is 4.43. The zero-order valence-electron chi connectivity index (χ0n) is 9.31. The van der Waals surface area contributed by atoms with Gasteiger partial charge in [0.25, 0.3) is 0 Å². The summed E-state index contributed by atoms with van der Waals surface area (Å²) in [5.74, 6) is 0. The zero-order valence-corrected chi connectivity index (χ0v) is 10.8. The van der Waals surface area contributed by atoms with Gasteiger partial charge in [-0.15, -0.1) is 0 Å². The number of hydrogen-bond acceptors (Lipinski definition) is 1. The van der Waals surface area contributed by atoms with E-state index in [0.29, 0.717) is 16.1 Å². The van der Waals surface area contributed by atoms with Crippen molar-refractivity contribution in [2.24, 2.45) is 0 Å². The van der Waals surface area contributed by atoms with Gasteiger partial charge in [-0.1, -0.05) is 35.7 Å². The maximum absolute atomic E-state index is 5.99. The monoisotopic (exact) mass is 257 g/mol. The van der Waals surface area contributed by atoms with Gasteiger partial charge in [0.2, 0.25) is 0 Å². The van der Waals surface area contributed by atoms with Gasteiger partial charge in [-0.2, -0.15) is 0 Å². The van der Waals surface area contributed by atoms with Crippen LogP contribution in [0.5, 0.6) is 0 Å². The molecule has 1 N–H and O–H groups in total. The van der Waals surface area contributed by atoms with Gasteiger partial charge in [0.15, 0.2) is 0 Å². The minimum atomic E-state index is 0.640. The van der Waals surface area contributed by atoms with Gasteiger partial charge < -0.3 is 5.32 Å². The lowest BCUT2D eigenvalue weighted by Crippen LogP contribution is -2.34. The van der Waals surface area contributed by atoms with Crippen LogP contribution < -0.4 is 5.32 Å². The minimum absolute atomic E-state index is 0.640. The summed E-state index contributed by atoms with van der Waals surface area (Å²) in [7, 11) is 0. The predicted octanol–water partition coefficient (Wildman–Crippen LogP) is 4.07. The lowest BCUT2D eigenvalue weighted by atomic mass is 9.98. The molecule has 1 aromatic carbocycles. The molecule has 1 unspecified atom stereocenters.